The van der Waals surface area contributed by atoms with Crippen molar-refractivity contribution in [3.8, 4) is 0 Å². The number of rotatable bonds is 2. The van der Waals surface area contributed by atoms with Crippen LogP contribution in [0.25, 0.3) is 0 Å². The maximum absolute atomic E-state index is 10.1. The van der Waals surface area contributed by atoms with Gasteiger partial charge < -0.3 is 10.4 Å². The Kier molecular flexibility index (Phi) is 2.85. The first-order valence-electron chi connectivity index (χ1n) is 5.24. The lowest BCUT2D eigenvalue weighted by molar-refractivity contribution is 0.136. The van der Waals surface area contributed by atoms with Crippen LogP contribution in [0.1, 0.15) is 25.0 Å². The third kappa shape index (κ3) is 1.97. The molecule has 1 unspecified atom stereocenters. The number of aliphatic hydroxyl groups excluding tert-OH is 1. The van der Waals surface area contributed by atoms with Crippen LogP contribution in [0.2, 0.25) is 0 Å². The van der Waals surface area contributed by atoms with Gasteiger partial charge in [0.05, 0.1) is 6.10 Å². The molecule has 14 heavy (non-hydrogen) atoms. The molecule has 3 atom stereocenters. The van der Waals surface area contributed by atoms with Crippen LogP contribution in [0.3, 0.4) is 0 Å². The molecular weight excluding hydrogens is 174 g/mol. The quantitative estimate of drug-likeness (QED) is 0.746. The highest BCUT2D eigenvalue weighted by Crippen LogP contribution is 2.25. The van der Waals surface area contributed by atoms with Crippen molar-refractivity contribution < 1.29 is 5.11 Å². The van der Waals surface area contributed by atoms with Gasteiger partial charge in [-0.3, -0.25) is 0 Å². The Hall–Kier alpha value is -0.860. The summed E-state index contributed by atoms with van der Waals surface area (Å²) in [5.41, 5.74) is 1.01. The Labute approximate surface area is 85.0 Å². The minimum atomic E-state index is -0.360. The molecule has 0 amide bonds. The maximum Gasteiger partial charge on any atom is 0.0943 e. The number of hydrogen-bond acceptors (Lipinski definition) is 2. The summed E-state index contributed by atoms with van der Waals surface area (Å²) in [6.07, 6.45) is 0.705. The average Bonchev–Trinajstić information content (AvgIpc) is 2.65. The molecule has 1 aromatic carbocycles. The Morgan fingerprint density at radius 3 is 2.64 bits per heavy atom. The van der Waals surface area contributed by atoms with Crippen LogP contribution in [0.4, 0.5) is 0 Å². The van der Waals surface area contributed by atoms with E-state index < -0.39 is 0 Å². The van der Waals surface area contributed by atoms with Crippen molar-refractivity contribution in [3.63, 3.8) is 0 Å². The van der Waals surface area contributed by atoms with Gasteiger partial charge in [0.25, 0.3) is 0 Å². The minimum absolute atomic E-state index is 0.229. The molecule has 0 radical (unpaired) electrons. The van der Waals surface area contributed by atoms with Crippen LogP contribution in [0.5, 0.6) is 0 Å². The second-order valence-electron chi connectivity index (χ2n) is 4.21. The molecule has 1 aromatic rings. The van der Waals surface area contributed by atoms with Crippen LogP contribution >= 0.6 is 0 Å². The third-order valence-electron chi connectivity index (χ3n) is 2.91. The van der Waals surface area contributed by atoms with Gasteiger partial charge in [0.2, 0.25) is 0 Å². The van der Waals surface area contributed by atoms with E-state index in [1.54, 1.807) is 0 Å². The molecule has 0 spiro atoms. The maximum atomic E-state index is 10.1. The van der Waals surface area contributed by atoms with Gasteiger partial charge in [0.15, 0.2) is 0 Å². The lowest BCUT2D eigenvalue weighted by Crippen LogP contribution is -2.28. The molecule has 1 saturated heterocycles. The highest BCUT2D eigenvalue weighted by molar-refractivity contribution is 5.19. The van der Waals surface area contributed by atoms with Gasteiger partial charge in [-0.15, -0.1) is 0 Å². The van der Waals surface area contributed by atoms with Crippen molar-refractivity contribution in [3.05, 3.63) is 35.9 Å². The van der Waals surface area contributed by atoms with Crippen LogP contribution in [-0.2, 0) is 0 Å². The first-order valence-corrected chi connectivity index (χ1v) is 5.24. The zero-order valence-electron chi connectivity index (χ0n) is 8.48. The number of aliphatic hydroxyl groups is 1. The van der Waals surface area contributed by atoms with Gasteiger partial charge in [0, 0.05) is 6.04 Å². The Bertz CT molecular complexity index is 286. The summed E-state index contributed by atoms with van der Waals surface area (Å²) < 4.78 is 0. The molecule has 2 heteroatoms. The molecule has 1 aliphatic heterocycles. The SMILES string of the molecule is C[C@H]1CN[C@@H](C(O)c2ccccc2)C1. The van der Waals surface area contributed by atoms with Crippen molar-refractivity contribution in [1.29, 1.82) is 0 Å². The second-order valence-corrected chi connectivity index (χ2v) is 4.21. The molecule has 1 aliphatic rings. The Morgan fingerprint density at radius 1 is 1.36 bits per heavy atom. The van der Waals surface area contributed by atoms with Gasteiger partial charge in [0.1, 0.15) is 0 Å². The Balaban J connectivity index is 2.05. The molecule has 1 fully saturated rings. The number of nitrogens with one attached hydrogen (secondary N) is 1. The lowest BCUT2D eigenvalue weighted by atomic mass is 9.98. The summed E-state index contributed by atoms with van der Waals surface area (Å²) in [7, 11) is 0. The third-order valence-corrected chi connectivity index (χ3v) is 2.91. The van der Waals surface area contributed by atoms with Crippen molar-refractivity contribution in [1.82, 2.24) is 5.32 Å². The van der Waals surface area contributed by atoms with E-state index in [4.69, 9.17) is 0 Å². The van der Waals surface area contributed by atoms with E-state index in [1.807, 2.05) is 30.3 Å². The fourth-order valence-corrected chi connectivity index (χ4v) is 2.08. The summed E-state index contributed by atoms with van der Waals surface area (Å²) in [6, 6.07) is 10.1. The average molecular weight is 191 g/mol. The van der Waals surface area contributed by atoms with Crippen molar-refractivity contribution in [2.24, 2.45) is 5.92 Å². The standard InChI is InChI=1S/C12H17NO/c1-9-7-11(13-8-9)12(14)10-5-3-2-4-6-10/h2-6,9,11-14H,7-8H2,1H3/t9-,11-,12?/m1/s1. The van der Waals surface area contributed by atoms with Crippen molar-refractivity contribution in [2.45, 2.75) is 25.5 Å². The molecule has 0 saturated carbocycles. The minimum Gasteiger partial charge on any atom is -0.387 e. The van der Waals surface area contributed by atoms with Gasteiger partial charge in [-0.25, -0.2) is 0 Å². The van der Waals surface area contributed by atoms with Gasteiger partial charge in [-0.2, -0.15) is 0 Å². The molecule has 0 aliphatic carbocycles. The van der Waals surface area contributed by atoms with Gasteiger partial charge >= 0.3 is 0 Å². The van der Waals surface area contributed by atoms with E-state index in [0.717, 1.165) is 18.5 Å². The normalized spacial score (nSPS) is 29.0. The zero-order chi connectivity index (χ0) is 9.97. The molecular formula is C12H17NO. The van der Waals surface area contributed by atoms with Crippen LogP contribution < -0.4 is 5.32 Å². The van der Waals surface area contributed by atoms with Gasteiger partial charge in [-0.1, -0.05) is 37.3 Å². The smallest absolute Gasteiger partial charge is 0.0943 e. The monoisotopic (exact) mass is 191 g/mol. The van der Waals surface area contributed by atoms with E-state index >= 15 is 0 Å². The molecule has 2 N–H and O–H groups in total. The van der Waals surface area contributed by atoms with Crippen LogP contribution in [0, 0.1) is 5.92 Å². The first-order chi connectivity index (χ1) is 6.77. The zero-order valence-corrected chi connectivity index (χ0v) is 8.48. The van der Waals surface area contributed by atoms with Crippen LogP contribution in [-0.4, -0.2) is 17.7 Å². The van der Waals surface area contributed by atoms with E-state index in [9.17, 15) is 5.11 Å². The van der Waals surface area contributed by atoms with Crippen LogP contribution in [0.15, 0.2) is 30.3 Å². The molecule has 0 aromatic heterocycles. The summed E-state index contributed by atoms with van der Waals surface area (Å²) in [4.78, 5) is 0. The predicted molar refractivity (Wildman–Crippen MR) is 57.0 cm³/mol. The highest BCUT2D eigenvalue weighted by Gasteiger charge is 2.27. The van der Waals surface area contributed by atoms with E-state index in [2.05, 4.69) is 12.2 Å². The highest BCUT2D eigenvalue weighted by atomic mass is 16.3. The first kappa shape index (κ1) is 9.69. The largest absolute Gasteiger partial charge is 0.387 e. The summed E-state index contributed by atoms with van der Waals surface area (Å²) in [5.74, 6) is 0.679. The fraction of sp³-hybridized carbons (Fsp3) is 0.500. The summed E-state index contributed by atoms with van der Waals surface area (Å²) in [5, 5.41) is 13.4. The Morgan fingerprint density at radius 2 is 2.07 bits per heavy atom. The van der Waals surface area contributed by atoms with Gasteiger partial charge in [-0.05, 0) is 24.4 Å². The van der Waals surface area contributed by atoms with Crippen molar-refractivity contribution in [2.75, 3.05) is 6.54 Å². The summed E-state index contributed by atoms with van der Waals surface area (Å²) >= 11 is 0. The second kappa shape index (κ2) is 4.11. The molecule has 2 nitrogen and oxygen atoms in total. The molecule has 0 bridgehead atoms. The topological polar surface area (TPSA) is 32.3 Å². The van der Waals surface area contributed by atoms with E-state index in [-0.39, 0.29) is 12.1 Å². The molecule has 2 rings (SSSR count). The molecule has 76 valence electrons. The van der Waals surface area contributed by atoms with E-state index in [1.165, 1.54) is 0 Å². The van der Waals surface area contributed by atoms with Crippen molar-refractivity contribution >= 4 is 0 Å². The lowest BCUT2D eigenvalue weighted by Gasteiger charge is -2.18. The number of benzene rings is 1. The van der Waals surface area contributed by atoms with E-state index in [0.29, 0.717) is 5.92 Å². The molecule has 1 heterocycles. The fourth-order valence-electron chi connectivity index (χ4n) is 2.08. The summed E-state index contributed by atoms with van der Waals surface area (Å²) in [6.45, 7) is 3.24. The number of hydrogen-bond donors (Lipinski definition) is 2. The predicted octanol–water partition coefficient (Wildman–Crippen LogP) is 1.72.